The van der Waals surface area contributed by atoms with Gasteiger partial charge in [0.05, 0.1) is 5.02 Å². The SMILES string of the molecule is Clc1ccc2cncc(Cl)c2c1. The monoisotopic (exact) mass is 197 g/mol. The molecule has 0 saturated heterocycles. The van der Waals surface area contributed by atoms with Crippen molar-refractivity contribution in [3.8, 4) is 0 Å². The molecule has 2 rings (SSSR count). The number of benzene rings is 1. The Morgan fingerprint density at radius 2 is 1.92 bits per heavy atom. The van der Waals surface area contributed by atoms with Crippen molar-refractivity contribution in [2.24, 2.45) is 0 Å². The second-order valence-electron chi connectivity index (χ2n) is 2.49. The Labute approximate surface area is 79.9 Å². The Morgan fingerprint density at radius 3 is 2.75 bits per heavy atom. The fourth-order valence-corrected chi connectivity index (χ4v) is 1.49. The first-order valence-electron chi connectivity index (χ1n) is 3.46. The number of fused-ring (bicyclic) bond motifs is 1. The molecular weight excluding hydrogens is 193 g/mol. The summed E-state index contributed by atoms with van der Waals surface area (Å²) in [6.07, 6.45) is 3.37. The fourth-order valence-electron chi connectivity index (χ4n) is 1.10. The van der Waals surface area contributed by atoms with Gasteiger partial charge in [-0.3, -0.25) is 4.98 Å². The molecule has 2 aromatic rings. The number of nitrogens with zero attached hydrogens (tertiary/aromatic N) is 1. The van der Waals surface area contributed by atoms with E-state index < -0.39 is 0 Å². The summed E-state index contributed by atoms with van der Waals surface area (Å²) < 4.78 is 0. The molecule has 0 unspecified atom stereocenters. The van der Waals surface area contributed by atoms with Gasteiger partial charge in [-0.2, -0.15) is 0 Å². The molecule has 0 saturated carbocycles. The number of hydrogen-bond donors (Lipinski definition) is 0. The predicted molar refractivity (Wildman–Crippen MR) is 51.8 cm³/mol. The molecule has 60 valence electrons. The average molecular weight is 198 g/mol. The molecule has 12 heavy (non-hydrogen) atoms. The van der Waals surface area contributed by atoms with Crippen molar-refractivity contribution in [3.05, 3.63) is 40.6 Å². The summed E-state index contributed by atoms with van der Waals surface area (Å²) in [6.45, 7) is 0. The largest absolute Gasteiger partial charge is 0.263 e. The van der Waals surface area contributed by atoms with Crippen LogP contribution in [-0.4, -0.2) is 4.98 Å². The summed E-state index contributed by atoms with van der Waals surface area (Å²) in [6, 6.07) is 5.55. The molecule has 0 aliphatic carbocycles. The molecule has 1 nitrogen and oxygen atoms in total. The smallest absolute Gasteiger partial charge is 0.0668 e. The standard InChI is InChI=1S/C9H5Cl2N/c10-7-2-1-6-4-12-5-9(11)8(6)3-7/h1-5H. The van der Waals surface area contributed by atoms with E-state index in [0.717, 1.165) is 10.8 Å². The molecule has 1 aromatic carbocycles. The zero-order valence-electron chi connectivity index (χ0n) is 6.09. The van der Waals surface area contributed by atoms with E-state index in [2.05, 4.69) is 4.98 Å². The van der Waals surface area contributed by atoms with Crippen molar-refractivity contribution in [2.45, 2.75) is 0 Å². The van der Waals surface area contributed by atoms with Crippen molar-refractivity contribution >= 4 is 34.0 Å². The van der Waals surface area contributed by atoms with Crippen LogP contribution in [0.3, 0.4) is 0 Å². The van der Waals surface area contributed by atoms with Crippen molar-refractivity contribution in [1.29, 1.82) is 0 Å². The third-order valence-electron chi connectivity index (χ3n) is 1.67. The van der Waals surface area contributed by atoms with E-state index in [1.54, 1.807) is 12.4 Å². The minimum Gasteiger partial charge on any atom is -0.263 e. The maximum Gasteiger partial charge on any atom is 0.0668 e. The number of pyridine rings is 1. The zero-order valence-corrected chi connectivity index (χ0v) is 7.60. The van der Waals surface area contributed by atoms with E-state index in [0.29, 0.717) is 10.0 Å². The lowest BCUT2D eigenvalue weighted by atomic mass is 10.2. The Bertz CT molecular complexity index is 426. The van der Waals surface area contributed by atoms with Gasteiger partial charge in [0, 0.05) is 28.2 Å². The van der Waals surface area contributed by atoms with Gasteiger partial charge >= 0.3 is 0 Å². The Kier molecular flexibility index (Phi) is 1.91. The molecule has 3 heteroatoms. The molecule has 0 atom stereocenters. The van der Waals surface area contributed by atoms with Gasteiger partial charge in [0.2, 0.25) is 0 Å². The molecule has 0 amide bonds. The van der Waals surface area contributed by atoms with Crippen LogP contribution in [0, 0.1) is 0 Å². The molecule has 0 aliphatic rings. The Hall–Kier alpha value is -0.790. The molecule has 0 aliphatic heterocycles. The lowest BCUT2D eigenvalue weighted by molar-refractivity contribution is 1.36. The lowest BCUT2D eigenvalue weighted by Gasteiger charge is -1.98. The molecule has 0 fully saturated rings. The van der Waals surface area contributed by atoms with Gasteiger partial charge in [0.15, 0.2) is 0 Å². The van der Waals surface area contributed by atoms with Crippen LogP contribution < -0.4 is 0 Å². The normalized spacial score (nSPS) is 10.5. The number of aromatic nitrogens is 1. The molecule has 0 N–H and O–H groups in total. The molecule has 0 bridgehead atoms. The topological polar surface area (TPSA) is 12.9 Å². The summed E-state index contributed by atoms with van der Waals surface area (Å²) in [5.74, 6) is 0. The third kappa shape index (κ3) is 1.26. The first-order chi connectivity index (χ1) is 5.77. The number of rotatable bonds is 0. The molecular formula is C9H5Cl2N. The maximum atomic E-state index is 5.91. The highest BCUT2D eigenvalue weighted by atomic mass is 35.5. The fraction of sp³-hybridized carbons (Fsp3) is 0. The first kappa shape index (κ1) is 7.84. The van der Waals surface area contributed by atoms with Gasteiger partial charge in [-0.15, -0.1) is 0 Å². The van der Waals surface area contributed by atoms with Gasteiger partial charge in [-0.25, -0.2) is 0 Å². The highest BCUT2D eigenvalue weighted by Gasteiger charge is 1.98. The van der Waals surface area contributed by atoms with E-state index >= 15 is 0 Å². The van der Waals surface area contributed by atoms with Gasteiger partial charge in [0.1, 0.15) is 0 Å². The van der Waals surface area contributed by atoms with Crippen LogP contribution in [0.1, 0.15) is 0 Å². The van der Waals surface area contributed by atoms with Crippen molar-refractivity contribution < 1.29 is 0 Å². The van der Waals surface area contributed by atoms with E-state index in [9.17, 15) is 0 Å². The van der Waals surface area contributed by atoms with Crippen molar-refractivity contribution in [1.82, 2.24) is 4.98 Å². The first-order valence-corrected chi connectivity index (χ1v) is 4.22. The minimum absolute atomic E-state index is 0.634. The van der Waals surface area contributed by atoms with Gasteiger partial charge < -0.3 is 0 Å². The summed E-state index contributed by atoms with van der Waals surface area (Å²) in [5, 5.41) is 3.27. The lowest BCUT2D eigenvalue weighted by Crippen LogP contribution is -1.76. The Morgan fingerprint density at radius 1 is 1.08 bits per heavy atom. The van der Waals surface area contributed by atoms with Crippen LogP contribution in [0.5, 0.6) is 0 Å². The maximum absolute atomic E-state index is 5.91. The average Bonchev–Trinajstić information content (AvgIpc) is 2.07. The summed E-state index contributed by atoms with van der Waals surface area (Å²) >= 11 is 11.7. The van der Waals surface area contributed by atoms with Crippen LogP contribution in [0.2, 0.25) is 10.0 Å². The van der Waals surface area contributed by atoms with Crippen molar-refractivity contribution in [3.63, 3.8) is 0 Å². The predicted octanol–water partition coefficient (Wildman–Crippen LogP) is 3.54. The Balaban J connectivity index is 2.88. The highest BCUT2D eigenvalue weighted by Crippen LogP contribution is 2.24. The number of halogens is 2. The molecule has 0 spiro atoms. The highest BCUT2D eigenvalue weighted by molar-refractivity contribution is 6.36. The molecule has 1 aromatic heterocycles. The van der Waals surface area contributed by atoms with Gasteiger partial charge in [-0.1, -0.05) is 29.3 Å². The minimum atomic E-state index is 0.634. The summed E-state index contributed by atoms with van der Waals surface area (Å²) in [7, 11) is 0. The van der Waals surface area contributed by atoms with Crippen LogP contribution >= 0.6 is 23.2 Å². The van der Waals surface area contributed by atoms with E-state index in [4.69, 9.17) is 23.2 Å². The van der Waals surface area contributed by atoms with E-state index in [1.165, 1.54) is 0 Å². The van der Waals surface area contributed by atoms with E-state index in [1.807, 2.05) is 18.2 Å². The summed E-state index contributed by atoms with van der Waals surface area (Å²) in [4.78, 5) is 3.97. The molecule has 0 radical (unpaired) electrons. The quantitative estimate of drug-likeness (QED) is 0.630. The van der Waals surface area contributed by atoms with Crippen LogP contribution in [0.4, 0.5) is 0 Å². The second kappa shape index (κ2) is 2.92. The summed E-state index contributed by atoms with van der Waals surface area (Å²) in [5.41, 5.74) is 0. The molecule has 1 heterocycles. The third-order valence-corrected chi connectivity index (χ3v) is 2.21. The van der Waals surface area contributed by atoms with Gasteiger partial charge in [-0.05, 0) is 12.1 Å². The van der Waals surface area contributed by atoms with Crippen LogP contribution in [-0.2, 0) is 0 Å². The van der Waals surface area contributed by atoms with Crippen molar-refractivity contribution in [2.75, 3.05) is 0 Å². The number of hydrogen-bond acceptors (Lipinski definition) is 1. The van der Waals surface area contributed by atoms with Gasteiger partial charge in [0.25, 0.3) is 0 Å². The van der Waals surface area contributed by atoms with Crippen LogP contribution in [0.25, 0.3) is 10.8 Å². The van der Waals surface area contributed by atoms with E-state index in [-0.39, 0.29) is 0 Å². The zero-order chi connectivity index (χ0) is 8.55. The van der Waals surface area contributed by atoms with Crippen LogP contribution in [0.15, 0.2) is 30.6 Å². The second-order valence-corrected chi connectivity index (χ2v) is 3.33.